The highest BCUT2D eigenvalue weighted by molar-refractivity contribution is 7.11. The number of aliphatic hydroxyl groups excluding tert-OH is 1. The first kappa shape index (κ1) is 25.3. The van der Waals surface area contributed by atoms with Gasteiger partial charge in [0.1, 0.15) is 18.5 Å². The Morgan fingerprint density at radius 2 is 2.29 bits per heavy atom. The molecule has 0 bridgehead atoms. The van der Waals surface area contributed by atoms with Crippen LogP contribution < -0.4 is 5.32 Å². The van der Waals surface area contributed by atoms with Crippen molar-refractivity contribution in [3.8, 4) is 11.8 Å². The molecule has 8 nitrogen and oxygen atoms in total. The predicted octanol–water partition coefficient (Wildman–Crippen LogP) is 2.84. The van der Waals surface area contributed by atoms with E-state index in [0.29, 0.717) is 54.6 Å². The molecule has 2 aliphatic rings. The Kier molecular flexibility index (Phi) is 8.49. The SMILES string of the molecule is O=C(O)CC[C@@H]1CN(CC2=C(C#CCO)C(c3ccc(F)cc3Cl)N=C(c3nccs3)N2)CCO1. The van der Waals surface area contributed by atoms with Crippen molar-refractivity contribution in [1.82, 2.24) is 15.2 Å². The van der Waals surface area contributed by atoms with Gasteiger partial charge in [0.25, 0.3) is 0 Å². The lowest BCUT2D eigenvalue weighted by Gasteiger charge is -2.35. The van der Waals surface area contributed by atoms with E-state index in [0.717, 1.165) is 5.70 Å². The molecule has 0 amide bonds. The molecular weight excluding hydrogens is 495 g/mol. The van der Waals surface area contributed by atoms with Crippen molar-refractivity contribution in [3.05, 3.63) is 62.5 Å². The minimum Gasteiger partial charge on any atom is -0.481 e. The second-order valence-corrected chi connectivity index (χ2v) is 9.32. The van der Waals surface area contributed by atoms with E-state index in [1.54, 1.807) is 12.3 Å². The van der Waals surface area contributed by atoms with Crippen molar-refractivity contribution in [2.24, 2.45) is 4.99 Å². The third-order valence-electron chi connectivity index (χ3n) is 5.60. The molecule has 1 aromatic carbocycles. The number of ether oxygens (including phenoxy) is 1. The van der Waals surface area contributed by atoms with Crippen LogP contribution in [0.1, 0.15) is 29.5 Å². The zero-order valence-electron chi connectivity index (χ0n) is 18.7. The Bertz CT molecular complexity index is 1190. The molecular formula is C24H24ClFN4O4S. The Hall–Kier alpha value is -2.81. The van der Waals surface area contributed by atoms with Gasteiger partial charge in [-0.1, -0.05) is 29.5 Å². The number of hydrogen-bond donors (Lipinski definition) is 3. The Labute approximate surface area is 211 Å². The lowest BCUT2D eigenvalue weighted by atomic mass is 9.95. The number of aliphatic hydroxyl groups is 1. The lowest BCUT2D eigenvalue weighted by Crippen LogP contribution is -2.46. The molecule has 2 atom stereocenters. The van der Waals surface area contributed by atoms with Gasteiger partial charge in [0.15, 0.2) is 10.8 Å². The molecule has 0 spiro atoms. The summed E-state index contributed by atoms with van der Waals surface area (Å²) in [6.45, 7) is 1.82. The van der Waals surface area contributed by atoms with Gasteiger partial charge in [-0.25, -0.2) is 9.37 Å². The van der Waals surface area contributed by atoms with Crippen molar-refractivity contribution in [3.63, 3.8) is 0 Å². The van der Waals surface area contributed by atoms with E-state index in [2.05, 4.69) is 27.0 Å². The molecule has 0 radical (unpaired) electrons. The molecule has 0 saturated carbocycles. The third-order valence-corrected chi connectivity index (χ3v) is 6.71. The maximum Gasteiger partial charge on any atom is 0.303 e. The molecule has 184 valence electrons. The fourth-order valence-corrected chi connectivity index (χ4v) is 4.87. The molecule has 4 rings (SSSR count). The van der Waals surface area contributed by atoms with E-state index in [1.165, 1.54) is 23.5 Å². The minimum atomic E-state index is -0.854. The molecule has 3 heterocycles. The Balaban J connectivity index is 1.69. The number of amidine groups is 1. The third kappa shape index (κ3) is 6.45. The van der Waals surface area contributed by atoms with E-state index < -0.39 is 17.8 Å². The van der Waals surface area contributed by atoms with Gasteiger partial charge in [-0.15, -0.1) is 11.3 Å². The zero-order chi connectivity index (χ0) is 24.8. The highest BCUT2D eigenvalue weighted by Crippen LogP contribution is 2.36. The number of carboxylic acids is 1. The molecule has 1 unspecified atom stereocenters. The fraction of sp³-hybridized carbons (Fsp3) is 0.375. The van der Waals surface area contributed by atoms with Crippen LogP contribution in [0.2, 0.25) is 5.02 Å². The second kappa shape index (κ2) is 11.7. The summed E-state index contributed by atoms with van der Waals surface area (Å²) < 4.78 is 19.5. The maximum atomic E-state index is 13.8. The number of carboxylic acid groups (broad SMARTS) is 1. The van der Waals surface area contributed by atoms with Crippen LogP contribution in [0.15, 0.2) is 46.0 Å². The fourth-order valence-electron chi connectivity index (χ4n) is 4.01. The first-order valence-corrected chi connectivity index (χ1v) is 12.3. The quantitative estimate of drug-likeness (QED) is 0.484. The topological polar surface area (TPSA) is 107 Å². The first-order chi connectivity index (χ1) is 16.9. The van der Waals surface area contributed by atoms with E-state index in [-0.39, 0.29) is 24.2 Å². The molecule has 2 aromatic rings. The van der Waals surface area contributed by atoms with E-state index in [4.69, 9.17) is 26.4 Å². The van der Waals surface area contributed by atoms with Gasteiger partial charge in [-0.3, -0.25) is 14.7 Å². The number of aliphatic carboxylic acids is 1. The Morgan fingerprint density at radius 3 is 3.00 bits per heavy atom. The normalized spacial score (nSPS) is 20.6. The summed E-state index contributed by atoms with van der Waals surface area (Å²) in [6.07, 6.45) is 1.96. The van der Waals surface area contributed by atoms with Gasteiger partial charge in [0, 0.05) is 53.9 Å². The molecule has 3 N–H and O–H groups in total. The van der Waals surface area contributed by atoms with Gasteiger partial charge in [0.2, 0.25) is 0 Å². The summed E-state index contributed by atoms with van der Waals surface area (Å²) >= 11 is 7.84. The number of hydrogen-bond acceptors (Lipinski definition) is 8. The van der Waals surface area contributed by atoms with Gasteiger partial charge in [-0.2, -0.15) is 0 Å². The van der Waals surface area contributed by atoms with E-state index in [1.807, 2.05) is 5.38 Å². The second-order valence-electron chi connectivity index (χ2n) is 8.02. The minimum absolute atomic E-state index is 0.0403. The summed E-state index contributed by atoms with van der Waals surface area (Å²) in [7, 11) is 0. The summed E-state index contributed by atoms with van der Waals surface area (Å²) in [6, 6.07) is 3.53. The molecule has 1 fully saturated rings. The zero-order valence-corrected chi connectivity index (χ0v) is 20.3. The predicted molar refractivity (Wildman–Crippen MR) is 131 cm³/mol. The lowest BCUT2D eigenvalue weighted by molar-refractivity contribution is -0.138. The van der Waals surface area contributed by atoms with Crippen LogP contribution in [0.5, 0.6) is 0 Å². The highest BCUT2D eigenvalue weighted by Gasteiger charge is 2.30. The number of rotatable bonds is 7. The molecule has 11 heteroatoms. The standard InChI is InChI=1S/C24H24ClFN4O4S/c25-19-12-15(26)3-5-17(19)22-18(2-1-9-31)20(28-23(29-22)24-27-7-11-35-24)14-30-8-10-34-16(13-30)4-6-21(32)33/h3,5,7,11-12,16,22,31H,4,6,8-10,13-14H2,(H,28,29)(H,32,33)/t16-,22?/m1/s1. The van der Waals surface area contributed by atoms with Crippen LogP contribution in [0.4, 0.5) is 4.39 Å². The van der Waals surface area contributed by atoms with Gasteiger partial charge < -0.3 is 20.3 Å². The number of thiazole rings is 1. The number of nitrogens with zero attached hydrogens (tertiary/aromatic N) is 3. The summed E-state index contributed by atoms with van der Waals surface area (Å²) in [5.41, 5.74) is 1.96. The van der Waals surface area contributed by atoms with Crippen molar-refractivity contribution >= 4 is 34.7 Å². The number of nitrogens with one attached hydrogen (secondary N) is 1. The molecule has 1 saturated heterocycles. The first-order valence-electron chi connectivity index (χ1n) is 11.0. The van der Waals surface area contributed by atoms with Crippen molar-refractivity contribution < 1.29 is 24.1 Å². The van der Waals surface area contributed by atoms with Crippen molar-refractivity contribution in [2.45, 2.75) is 25.0 Å². The number of aliphatic imine (C=N–C) groups is 1. The van der Waals surface area contributed by atoms with Gasteiger partial charge in [-0.05, 0) is 18.6 Å². The average Bonchev–Trinajstić information content (AvgIpc) is 3.37. The van der Waals surface area contributed by atoms with Crippen LogP contribution in [-0.2, 0) is 9.53 Å². The summed E-state index contributed by atoms with van der Waals surface area (Å²) in [4.78, 5) is 22.3. The number of benzene rings is 1. The maximum absolute atomic E-state index is 13.8. The smallest absolute Gasteiger partial charge is 0.303 e. The van der Waals surface area contributed by atoms with Crippen LogP contribution in [0.25, 0.3) is 0 Å². The molecule has 35 heavy (non-hydrogen) atoms. The number of morpholine rings is 1. The monoisotopic (exact) mass is 518 g/mol. The van der Waals surface area contributed by atoms with Crippen molar-refractivity contribution in [2.75, 3.05) is 32.8 Å². The van der Waals surface area contributed by atoms with Gasteiger partial charge in [0.05, 0.1) is 18.3 Å². The number of carbonyl (C=O) groups is 1. The number of halogens is 2. The van der Waals surface area contributed by atoms with Gasteiger partial charge >= 0.3 is 5.97 Å². The Morgan fingerprint density at radius 1 is 1.43 bits per heavy atom. The number of aromatic nitrogens is 1. The van der Waals surface area contributed by atoms with E-state index in [9.17, 15) is 14.3 Å². The van der Waals surface area contributed by atoms with E-state index >= 15 is 0 Å². The van der Waals surface area contributed by atoms with Crippen LogP contribution in [0, 0.1) is 17.7 Å². The highest BCUT2D eigenvalue weighted by atomic mass is 35.5. The largest absolute Gasteiger partial charge is 0.481 e. The van der Waals surface area contributed by atoms with Crippen LogP contribution in [-0.4, -0.2) is 70.9 Å². The van der Waals surface area contributed by atoms with Crippen LogP contribution >= 0.6 is 22.9 Å². The van der Waals surface area contributed by atoms with Crippen LogP contribution in [0.3, 0.4) is 0 Å². The summed E-state index contributed by atoms with van der Waals surface area (Å²) in [5, 5.41) is 24.5. The molecule has 2 aliphatic heterocycles. The molecule has 1 aromatic heterocycles. The van der Waals surface area contributed by atoms with Crippen molar-refractivity contribution in [1.29, 1.82) is 0 Å². The summed E-state index contributed by atoms with van der Waals surface area (Å²) in [5.74, 6) is 4.97. The molecule has 0 aliphatic carbocycles. The average molecular weight is 519 g/mol.